The molecule has 3 N–H and O–H groups in total. The Bertz CT molecular complexity index is 913. The maximum absolute atomic E-state index is 12.4. The molecule has 1 aromatic carbocycles. The highest BCUT2D eigenvalue weighted by molar-refractivity contribution is 5.80. The van der Waals surface area contributed by atoms with Crippen LogP contribution in [-0.2, 0) is 30.3 Å². The summed E-state index contributed by atoms with van der Waals surface area (Å²) in [7, 11) is 0. The molecule has 1 rings (SSSR count). The molecule has 0 aliphatic carbocycles. The number of esters is 3. The first kappa shape index (κ1) is 32.1. The van der Waals surface area contributed by atoms with Gasteiger partial charge in [0.25, 0.3) is 0 Å². The van der Waals surface area contributed by atoms with Crippen molar-refractivity contribution < 1.29 is 38.5 Å². The van der Waals surface area contributed by atoms with Gasteiger partial charge in [0.15, 0.2) is 11.5 Å². The maximum atomic E-state index is 12.4. The molecule has 9 nitrogen and oxygen atoms in total. The van der Waals surface area contributed by atoms with Crippen molar-refractivity contribution in [3.05, 3.63) is 23.8 Å². The first-order valence-corrected chi connectivity index (χ1v) is 13.2. The van der Waals surface area contributed by atoms with Crippen molar-refractivity contribution in [1.82, 2.24) is 0 Å². The van der Waals surface area contributed by atoms with Gasteiger partial charge in [0, 0.05) is 25.7 Å². The number of hydrogen-bond acceptors (Lipinski definition) is 8. The average Bonchev–Trinajstić information content (AvgIpc) is 2.80. The Labute approximate surface area is 220 Å². The maximum Gasteiger partial charge on any atom is 0.324 e. The average molecular weight is 522 g/mol. The quantitative estimate of drug-likeness (QED) is 0.165. The van der Waals surface area contributed by atoms with E-state index in [0.29, 0.717) is 18.4 Å². The van der Waals surface area contributed by atoms with Crippen molar-refractivity contribution in [1.29, 1.82) is 0 Å². The predicted molar refractivity (Wildman–Crippen MR) is 139 cm³/mol. The molecule has 208 valence electrons. The standard InChI is InChI=1S/C28H43NO8/c1-6-8-10-12-24(30)36-22-15-14-21(16-23(22)37-25(31)13-11-9-7-2)18-28(29,27(33)34)17-20(5)35-26(32)19(3)4/h14-16,19-20H,6-13,17-18,29H2,1-5H3,(H,33,34)/t20-,28?/m0/s1. The minimum Gasteiger partial charge on any atom is -0.480 e. The molecular weight excluding hydrogens is 478 g/mol. The largest absolute Gasteiger partial charge is 0.480 e. The summed E-state index contributed by atoms with van der Waals surface area (Å²) in [6, 6.07) is 4.53. The summed E-state index contributed by atoms with van der Waals surface area (Å²) in [4.78, 5) is 48.7. The van der Waals surface area contributed by atoms with E-state index in [1.54, 1.807) is 26.8 Å². The number of rotatable bonds is 17. The summed E-state index contributed by atoms with van der Waals surface area (Å²) in [5.41, 5.74) is 4.98. The zero-order valence-electron chi connectivity index (χ0n) is 22.8. The van der Waals surface area contributed by atoms with Crippen molar-refractivity contribution in [2.45, 2.75) is 110 Å². The molecular formula is C28H43NO8. The number of carbonyl (C=O) groups is 4. The number of aliphatic carboxylic acids is 1. The van der Waals surface area contributed by atoms with Crippen LogP contribution in [0, 0.1) is 5.92 Å². The Hall–Kier alpha value is -2.94. The van der Waals surface area contributed by atoms with Crippen LogP contribution in [0.1, 0.15) is 98.0 Å². The van der Waals surface area contributed by atoms with Gasteiger partial charge in [-0.3, -0.25) is 19.2 Å². The summed E-state index contributed by atoms with van der Waals surface area (Å²) in [6.45, 7) is 9.02. The van der Waals surface area contributed by atoms with Crippen molar-refractivity contribution in [3.8, 4) is 11.5 Å². The molecule has 0 fully saturated rings. The van der Waals surface area contributed by atoms with Crippen LogP contribution >= 0.6 is 0 Å². The molecule has 0 radical (unpaired) electrons. The van der Waals surface area contributed by atoms with Crippen molar-refractivity contribution in [3.63, 3.8) is 0 Å². The zero-order chi connectivity index (χ0) is 28.0. The lowest BCUT2D eigenvalue weighted by Crippen LogP contribution is -2.52. The molecule has 37 heavy (non-hydrogen) atoms. The molecule has 0 heterocycles. The summed E-state index contributed by atoms with van der Waals surface area (Å²) < 4.78 is 16.3. The van der Waals surface area contributed by atoms with Crippen LogP contribution in [0.5, 0.6) is 11.5 Å². The lowest BCUT2D eigenvalue weighted by atomic mass is 9.86. The normalized spacial score (nSPS) is 13.5. The molecule has 0 saturated heterocycles. The summed E-state index contributed by atoms with van der Waals surface area (Å²) in [5.74, 6) is -2.84. The van der Waals surface area contributed by atoms with Gasteiger partial charge in [-0.15, -0.1) is 0 Å². The van der Waals surface area contributed by atoms with Gasteiger partial charge in [0.1, 0.15) is 11.6 Å². The first-order valence-electron chi connectivity index (χ1n) is 13.2. The second-order valence-electron chi connectivity index (χ2n) is 9.89. The van der Waals surface area contributed by atoms with Gasteiger partial charge in [0.05, 0.1) is 5.92 Å². The molecule has 0 aromatic heterocycles. The van der Waals surface area contributed by atoms with Gasteiger partial charge in [0.2, 0.25) is 0 Å². The van der Waals surface area contributed by atoms with Gasteiger partial charge >= 0.3 is 23.9 Å². The van der Waals surface area contributed by atoms with E-state index in [1.807, 2.05) is 13.8 Å². The zero-order valence-corrected chi connectivity index (χ0v) is 22.8. The third-order valence-corrected chi connectivity index (χ3v) is 5.81. The van der Waals surface area contributed by atoms with Crippen molar-refractivity contribution in [2.24, 2.45) is 11.7 Å². The third kappa shape index (κ3) is 11.8. The fraction of sp³-hybridized carbons (Fsp3) is 0.643. The van der Waals surface area contributed by atoms with E-state index in [2.05, 4.69) is 0 Å². The van der Waals surface area contributed by atoms with E-state index in [0.717, 1.165) is 25.7 Å². The lowest BCUT2D eigenvalue weighted by Gasteiger charge is -2.28. The second kappa shape index (κ2) is 16.0. The van der Waals surface area contributed by atoms with Gasteiger partial charge in [-0.1, -0.05) is 59.4 Å². The molecule has 2 atom stereocenters. The van der Waals surface area contributed by atoms with E-state index in [-0.39, 0.29) is 43.1 Å². The van der Waals surface area contributed by atoms with Crippen LogP contribution in [0.25, 0.3) is 0 Å². The van der Waals surface area contributed by atoms with Crippen LogP contribution < -0.4 is 15.2 Å². The smallest absolute Gasteiger partial charge is 0.324 e. The third-order valence-electron chi connectivity index (χ3n) is 5.81. The van der Waals surface area contributed by atoms with Crippen LogP contribution in [0.4, 0.5) is 0 Å². The lowest BCUT2D eigenvalue weighted by molar-refractivity contribution is -0.156. The van der Waals surface area contributed by atoms with Gasteiger partial charge < -0.3 is 25.1 Å². The van der Waals surface area contributed by atoms with E-state index in [4.69, 9.17) is 19.9 Å². The topological polar surface area (TPSA) is 142 Å². The number of benzene rings is 1. The predicted octanol–water partition coefficient (Wildman–Crippen LogP) is 4.96. The highest BCUT2D eigenvalue weighted by Crippen LogP contribution is 2.32. The molecule has 1 aromatic rings. The van der Waals surface area contributed by atoms with Crippen molar-refractivity contribution in [2.75, 3.05) is 0 Å². The SMILES string of the molecule is CCCCCC(=O)Oc1ccc(CC(N)(C[C@H](C)OC(=O)C(C)C)C(=O)O)cc1OC(=O)CCCCC. The summed E-state index contributed by atoms with van der Waals surface area (Å²) >= 11 is 0. The van der Waals surface area contributed by atoms with Gasteiger partial charge in [-0.2, -0.15) is 0 Å². The molecule has 1 unspecified atom stereocenters. The number of carboxylic acids is 1. The molecule has 9 heteroatoms. The Morgan fingerprint density at radius 1 is 0.892 bits per heavy atom. The van der Waals surface area contributed by atoms with Crippen LogP contribution in [0.15, 0.2) is 18.2 Å². The fourth-order valence-corrected chi connectivity index (χ4v) is 3.70. The Kier molecular flexibility index (Phi) is 13.9. The minimum absolute atomic E-state index is 0.0369. The van der Waals surface area contributed by atoms with Gasteiger partial charge in [-0.25, -0.2) is 0 Å². The first-order chi connectivity index (χ1) is 17.4. The molecule has 0 aliphatic heterocycles. The number of unbranched alkanes of at least 4 members (excludes halogenated alkanes) is 4. The summed E-state index contributed by atoms with van der Waals surface area (Å²) in [6.07, 6.45) is 4.49. The highest BCUT2D eigenvalue weighted by atomic mass is 16.6. The Balaban J connectivity index is 3.14. The van der Waals surface area contributed by atoms with E-state index in [9.17, 15) is 24.3 Å². The highest BCUT2D eigenvalue weighted by Gasteiger charge is 2.37. The fourth-order valence-electron chi connectivity index (χ4n) is 3.70. The van der Waals surface area contributed by atoms with Crippen LogP contribution in [-0.4, -0.2) is 40.6 Å². The number of carboxylic acid groups (broad SMARTS) is 1. The van der Waals surface area contributed by atoms with Crippen LogP contribution in [0.2, 0.25) is 0 Å². The molecule has 0 bridgehead atoms. The summed E-state index contributed by atoms with van der Waals surface area (Å²) in [5, 5.41) is 9.88. The number of nitrogens with two attached hydrogens (primary N) is 1. The second-order valence-corrected chi connectivity index (χ2v) is 9.89. The molecule has 0 aliphatic rings. The van der Waals surface area contributed by atoms with Gasteiger partial charge in [-0.05, 0) is 37.5 Å². The number of hydrogen-bond donors (Lipinski definition) is 2. The molecule has 0 saturated carbocycles. The molecule has 0 amide bonds. The van der Waals surface area contributed by atoms with E-state index in [1.165, 1.54) is 12.1 Å². The van der Waals surface area contributed by atoms with E-state index < -0.39 is 35.5 Å². The monoisotopic (exact) mass is 521 g/mol. The Morgan fingerprint density at radius 2 is 1.43 bits per heavy atom. The Morgan fingerprint density at radius 3 is 1.92 bits per heavy atom. The van der Waals surface area contributed by atoms with Crippen LogP contribution in [0.3, 0.4) is 0 Å². The number of carbonyl (C=O) groups excluding carboxylic acids is 3. The van der Waals surface area contributed by atoms with E-state index >= 15 is 0 Å². The van der Waals surface area contributed by atoms with Crippen molar-refractivity contribution >= 4 is 23.9 Å². The number of ether oxygens (including phenoxy) is 3. The molecule has 0 spiro atoms. The minimum atomic E-state index is -1.75.